The first-order valence-electron chi connectivity index (χ1n) is 6.20. The molecule has 1 aliphatic rings. The van der Waals surface area contributed by atoms with Crippen LogP contribution < -0.4 is 10.6 Å². The van der Waals surface area contributed by atoms with Gasteiger partial charge >= 0.3 is 0 Å². The highest BCUT2D eigenvalue weighted by Crippen LogP contribution is 2.32. The quantitative estimate of drug-likeness (QED) is 0.671. The molecule has 0 radical (unpaired) electrons. The average Bonchev–Trinajstić information content (AvgIpc) is 2.61. The van der Waals surface area contributed by atoms with E-state index in [1.165, 1.54) is 5.56 Å². The monoisotopic (exact) mass is 240 g/mol. The van der Waals surface area contributed by atoms with E-state index in [0.717, 1.165) is 24.3 Å². The van der Waals surface area contributed by atoms with Gasteiger partial charge in [0.05, 0.1) is 6.04 Å². The largest absolute Gasteiger partial charge is 0.508 e. The van der Waals surface area contributed by atoms with Gasteiger partial charge in [-0.05, 0) is 23.8 Å². The Morgan fingerprint density at radius 3 is 2.67 bits per heavy atom. The van der Waals surface area contributed by atoms with Gasteiger partial charge in [0.2, 0.25) is 0 Å². The van der Waals surface area contributed by atoms with E-state index in [1.807, 2.05) is 30.3 Å². The number of anilines is 1. The Hall–Kier alpha value is -2.00. The minimum absolute atomic E-state index is 0.128. The normalized spacial score (nSPS) is 18.6. The van der Waals surface area contributed by atoms with Gasteiger partial charge in [-0.3, -0.25) is 0 Å². The second kappa shape index (κ2) is 4.70. The fourth-order valence-electron chi connectivity index (χ4n) is 2.42. The molecule has 1 unspecified atom stereocenters. The minimum Gasteiger partial charge on any atom is -0.508 e. The molecular formula is C15H16N2O. The SMILES string of the molecule is Oc1ccc2c(c1)C(c1ccccc1)NCCN2. The van der Waals surface area contributed by atoms with E-state index in [9.17, 15) is 5.11 Å². The Labute approximate surface area is 106 Å². The van der Waals surface area contributed by atoms with Crippen LogP contribution in [0.3, 0.4) is 0 Å². The molecule has 0 saturated heterocycles. The van der Waals surface area contributed by atoms with Crippen molar-refractivity contribution in [3.05, 3.63) is 59.7 Å². The first-order chi connectivity index (χ1) is 8.84. The number of fused-ring (bicyclic) bond motifs is 1. The zero-order valence-electron chi connectivity index (χ0n) is 10.1. The van der Waals surface area contributed by atoms with Crippen LogP contribution in [0, 0.1) is 0 Å². The van der Waals surface area contributed by atoms with Gasteiger partial charge in [0.25, 0.3) is 0 Å². The lowest BCUT2D eigenvalue weighted by atomic mass is 9.97. The third-order valence-corrected chi connectivity index (χ3v) is 3.27. The van der Waals surface area contributed by atoms with Crippen molar-refractivity contribution in [2.24, 2.45) is 0 Å². The van der Waals surface area contributed by atoms with Crippen LogP contribution in [0.15, 0.2) is 48.5 Å². The molecule has 0 aromatic heterocycles. The summed E-state index contributed by atoms with van der Waals surface area (Å²) in [5.41, 5.74) is 3.40. The maximum atomic E-state index is 9.69. The highest BCUT2D eigenvalue weighted by Gasteiger charge is 2.19. The standard InChI is InChI=1S/C15H16N2O/c18-12-6-7-14-13(10-12)15(17-9-8-16-14)11-4-2-1-3-5-11/h1-7,10,15-18H,8-9H2. The van der Waals surface area contributed by atoms with Gasteiger partial charge in [-0.15, -0.1) is 0 Å². The summed E-state index contributed by atoms with van der Waals surface area (Å²) >= 11 is 0. The van der Waals surface area contributed by atoms with Gasteiger partial charge in [0.15, 0.2) is 0 Å². The predicted octanol–water partition coefficient (Wildman–Crippen LogP) is 2.50. The lowest BCUT2D eigenvalue weighted by Crippen LogP contribution is -2.23. The molecule has 3 nitrogen and oxygen atoms in total. The number of phenols is 1. The summed E-state index contributed by atoms with van der Waals surface area (Å²) in [4.78, 5) is 0. The Morgan fingerprint density at radius 1 is 1.00 bits per heavy atom. The van der Waals surface area contributed by atoms with Crippen LogP contribution in [0.1, 0.15) is 17.2 Å². The fourth-order valence-corrected chi connectivity index (χ4v) is 2.42. The molecule has 1 heterocycles. The number of hydrogen-bond donors (Lipinski definition) is 3. The Morgan fingerprint density at radius 2 is 1.83 bits per heavy atom. The molecule has 1 atom stereocenters. The van der Waals surface area contributed by atoms with Gasteiger partial charge in [-0.1, -0.05) is 30.3 Å². The van der Waals surface area contributed by atoms with Gasteiger partial charge < -0.3 is 15.7 Å². The first-order valence-corrected chi connectivity index (χ1v) is 6.20. The van der Waals surface area contributed by atoms with E-state index in [4.69, 9.17) is 0 Å². The summed E-state index contributed by atoms with van der Waals surface area (Å²) in [7, 11) is 0. The molecule has 2 aromatic rings. The second-order valence-electron chi connectivity index (χ2n) is 4.50. The first kappa shape index (κ1) is 11.1. The molecule has 18 heavy (non-hydrogen) atoms. The lowest BCUT2D eigenvalue weighted by Gasteiger charge is -2.19. The second-order valence-corrected chi connectivity index (χ2v) is 4.50. The molecule has 0 fully saturated rings. The lowest BCUT2D eigenvalue weighted by molar-refractivity contribution is 0.473. The molecule has 0 aliphatic carbocycles. The molecular weight excluding hydrogens is 224 g/mol. The van der Waals surface area contributed by atoms with Crippen LogP contribution in [0.25, 0.3) is 0 Å². The molecule has 0 saturated carbocycles. The number of rotatable bonds is 1. The van der Waals surface area contributed by atoms with Crippen molar-refractivity contribution in [2.75, 3.05) is 18.4 Å². The van der Waals surface area contributed by atoms with E-state index >= 15 is 0 Å². The number of nitrogens with one attached hydrogen (secondary N) is 2. The molecule has 3 heteroatoms. The number of hydrogen-bond acceptors (Lipinski definition) is 3. The summed E-state index contributed by atoms with van der Waals surface area (Å²) < 4.78 is 0. The predicted molar refractivity (Wildman–Crippen MR) is 72.9 cm³/mol. The van der Waals surface area contributed by atoms with Crippen LogP contribution in [-0.4, -0.2) is 18.2 Å². The fraction of sp³-hybridized carbons (Fsp3) is 0.200. The third kappa shape index (κ3) is 2.05. The smallest absolute Gasteiger partial charge is 0.116 e. The summed E-state index contributed by atoms with van der Waals surface area (Å²) in [5.74, 6) is 0.306. The number of phenolic OH excluding ortho intramolecular Hbond substituents is 1. The van der Waals surface area contributed by atoms with Crippen molar-refractivity contribution < 1.29 is 5.11 Å². The van der Waals surface area contributed by atoms with Crippen molar-refractivity contribution in [3.8, 4) is 5.75 Å². The summed E-state index contributed by atoms with van der Waals surface area (Å²) in [6, 6.07) is 15.9. The Balaban J connectivity index is 2.08. The van der Waals surface area contributed by atoms with E-state index < -0.39 is 0 Å². The van der Waals surface area contributed by atoms with E-state index in [0.29, 0.717) is 5.75 Å². The van der Waals surface area contributed by atoms with Crippen LogP contribution in [0.4, 0.5) is 5.69 Å². The van der Waals surface area contributed by atoms with Crippen molar-refractivity contribution in [2.45, 2.75) is 6.04 Å². The summed E-state index contributed by atoms with van der Waals surface area (Å²) in [6.07, 6.45) is 0. The molecule has 92 valence electrons. The van der Waals surface area contributed by atoms with Crippen LogP contribution in [0.5, 0.6) is 5.75 Å². The summed E-state index contributed by atoms with van der Waals surface area (Å²) in [5, 5.41) is 16.6. The van der Waals surface area contributed by atoms with Crippen molar-refractivity contribution in [1.82, 2.24) is 5.32 Å². The van der Waals surface area contributed by atoms with Crippen molar-refractivity contribution >= 4 is 5.69 Å². The van der Waals surface area contributed by atoms with Crippen LogP contribution in [-0.2, 0) is 0 Å². The van der Waals surface area contributed by atoms with E-state index in [1.54, 1.807) is 6.07 Å². The zero-order valence-corrected chi connectivity index (χ0v) is 10.1. The van der Waals surface area contributed by atoms with E-state index in [2.05, 4.69) is 22.8 Å². The maximum Gasteiger partial charge on any atom is 0.116 e. The molecule has 0 spiro atoms. The van der Waals surface area contributed by atoms with Crippen molar-refractivity contribution in [3.63, 3.8) is 0 Å². The van der Waals surface area contributed by atoms with Crippen molar-refractivity contribution in [1.29, 1.82) is 0 Å². The zero-order chi connectivity index (χ0) is 12.4. The van der Waals surface area contributed by atoms with Gasteiger partial charge in [-0.25, -0.2) is 0 Å². The Bertz CT molecular complexity index is 539. The third-order valence-electron chi connectivity index (χ3n) is 3.27. The maximum absolute atomic E-state index is 9.69. The number of benzene rings is 2. The van der Waals surface area contributed by atoms with Crippen LogP contribution in [0.2, 0.25) is 0 Å². The highest BCUT2D eigenvalue weighted by molar-refractivity contribution is 5.58. The number of aromatic hydroxyl groups is 1. The highest BCUT2D eigenvalue weighted by atomic mass is 16.3. The van der Waals surface area contributed by atoms with Gasteiger partial charge in [0, 0.05) is 24.3 Å². The Kier molecular flexibility index (Phi) is 2.90. The molecule has 0 bridgehead atoms. The van der Waals surface area contributed by atoms with Gasteiger partial charge in [-0.2, -0.15) is 0 Å². The topological polar surface area (TPSA) is 44.3 Å². The molecule has 3 rings (SSSR count). The molecule has 3 N–H and O–H groups in total. The molecule has 0 amide bonds. The minimum atomic E-state index is 0.128. The van der Waals surface area contributed by atoms with Gasteiger partial charge in [0.1, 0.15) is 5.75 Å². The molecule has 2 aromatic carbocycles. The van der Waals surface area contributed by atoms with Crippen LogP contribution >= 0.6 is 0 Å². The average molecular weight is 240 g/mol. The molecule has 1 aliphatic heterocycles. The van der Waals surface area contributed by atoms with E-state index in [-0.39, 0.29) is 6.04 Å². The summed E-state index contributed by atoms with van der Waals surface area (Å²) in [6.45, 7) is 1.79.